The lowest BCUT2D eigenvalue weighted by molar-refractivity contribution is 0.0941. The van der Waals surface area contributed by atoms with Crippen LogP contribution in [0.25, 0.3) is 5.52 Å². The summed E-state index contributed by atoms with van der Waals surface area (Å²) in [5, 5.41) is 5.76. The Balaban J connectivity index is 2.12. The van der Waals surface area contributed by atoms with Gasteiger partial charge in [0.2, 0.25) is 5.82 Å². The van der Waals surface area contributed by atoms with Gasteiger partial charge in [-0.25, -0.2) is 4.98 Å². The summed E-state index contributed by atoms with van der Waals surface area (Å²) in [5.41, 5.74) is 0.913. The van der Waals surface area contributed by atoms with Gasteiger partial charge < -0.3 is 15.5 Å². The lowest BCUT2D eigenvalue weighted by atomic mass is 10.1. The monoisotopic (exact) mass is 359 g/mol. The van der Waals surface area contributed by atoms with Crippen molar-refractivity contribution in [2.45, 2.75) is 26.7 Å². The quantitative estimate of drug-likeness (QED) is 0.669. The molecule has 0 fully saturated rings. The maximum Gasteiger partial charge on any atom is 0.287 e. The molecule has 0 radical (unpaired) electrons. The molecule has 7 nitrogen and oxygen atoms in total. The van der Waals surface area contributed by atoms with Gasteiger partial charge in [-0.15, -0.1) is 0 Å². The minimum absolute atomic E-state index is 0.239. The molecule has 2 aromatic heterocycles. The fourth-order valence-corrected chi connectivity index (χ4v) is 2.60. The molecule has 26 heavy (non-hydrogen) atoms. The average molecular weight is 359 g/mol. The predicted octanol–water partition coefficient (Wildman–Crippen LogP) is 1.79. The molecule has 2 N–H and O–H groups in total. The molecule has 0 aliphatic carbocycles. The number of amides is 2. The van der Waals surface area contributed by atoms with E-state index in [9.17, 15) is 9.59 Å². The van der Waals surface area contributed by atoms with Gasteiger partial charge in [0.05, 0.1) is 5.52 Å². The normalized spacial score (nSPS) is 11.3. The Kier molecular flexibility index (Phi) is 7.15. The van der Waals surface area contributed by atoms with Crippen LogP contribution in [-0.2, 0) is 0 Å². The predicted molar refractivity (Wildman–Crippen MR) is 102 cm³/mol. The molecule has 2 rings (SSSR count). The molecule has 2 aromatic rings. The van der Waals surface area contributed by atoms with Crippen LogP contribution in [0.2, 0.25) is 0 Å². The van der Waals surface area contributed by atoms with Gasteiger partial charge in [0.1, 0.15) is 0 Å². The third-order valence-electron chi connectivity index (χ3n) is 4.04. The van der Waals surface area contributed by atoms with Crippen molar-refractivity contribution in [1.82, 2.24) is 24.9 Å². The van der Waals surface area contributed by atoms with Gasteiger partial charge in [0.25, 0.3) is 11.8 Å². The second kappa shape index (κ2) is 9.33. The van der Waals surface area contributed by atoms with Crippen LogP contribution in [0, 0.1) is 5.92 Å². The van der Waals surface area contributed by atoms with Gasteiger partial charge >= 0.3 is 0 Å². The number of hydrogen-bond donors (Lipinski definition) is 2. The zero-order chi connectivity index (χ0) is 19.1. The van der Waals surface area contributed by atoms with Crippen molar-refractivity contribution in [1.29, 1.82) is 0 Å². The molecule has 2 heterocycles. The highest BCUT2D eigenvalue weighted by molar-refractivity contribution is 6.02. The third kappa shape index (κ3) is 5.29. The van der Waals surface area contributed by atoms with Gasteiger partial charge in [-0.3, -0.25) is 14.0 Å². The van der Waals surface area contributed by atoms with Gasteiger partial charge in [-0.05, 0) is 51.5 Å². The number of carbonyl (C=O) groups is 2. The van der Waals surface area contributed by atoms with Crippen LogP contribution in [0.1, 0.15) is 47.8 Å². The first-order valence-corrected chi connectivity index (χ1v) is 9.08. The number of nitrogens with zero attached hydrogens (tertiary/aromatic N) is 3. The Morgan fingerprint density at radius 1 is 1.15 bits per heavy atom. The first-order valence-electron chi connectivity index (χ1n) is 9.08. The van der Waals surface area contributed by atoms with E-state index in [4.69, 9.17) is 0 Å². The van der Waals surface area contributed by atoms with Crippen molar-refractivity contribution in [2.75, 3.05) is 33.7 Å². The van der Waals surface area contributed by atoms with Crippen LogP contribution < -0.4 is 10.6 Å². The van der Waals surface area contributed by atoms with Crippen molar-refractivity contribution in [2.24, 2.45) is 5.92 Å². The van der Waals surface area contributed by atoms with E-state index >= 15 is 0 Å². The average Bonchev–Trinajstić information content (AvgIpc) is 2.98. The van der Waals surface area contributed by atoms with E-state index in [2.05, 4.69) is 34.4 Å². The van der Waals surface area contributed by atoms with Crippen molar-refractivity contribution in [3.8, 4) is 0 Å². The summed E-state index contributed by atoms with van der Waals surface area (Å²) in [5.74, 6) is 0.228. The maximum absolute atomic E-state index is 12.5. The molecule has 0 unspecified atom stereocenters. The van der Waals surface area contributed by atoms with Crippen LogP contribution in [0.15, 0.2) is 24.4 Å². The van der Waals surface area contributed by atoms with Crippen molar-refractivity contribution >= 4 is 17.3 Å². The number of fused-ring (bicyclic) bond motifs is 1. The highest BCUT2D eigenvalue weighted by Gasteiger charge is 2.21. The molecular weight excluding hydrogens is 330 g/mol. The number of pyridine rings is 1. The zero-order valence-electron chi connectivity index (χ0n) is 16.1. The number of hydrogen-bond acceptors (Lipinski definition) is 4. The number of rotatable bonds is 9. The van der Waals surface area contributed by atoms with Crippen LogP contribution >= 0.6 is 0 Å². The van der Waals surface area contributed by atoms with Gasteiger partial charge in [-0.2, -0.15) is 0 Å². The molecule has 2 amide bonds. The minimum atomic E-state index is -0.265. The highest BCUT2D eigenvalue weighted by atomic mass is 16.2. The van der Waals surface area contributed by atoms with Crippen molar-refractivity contribution in [3.05, 3.63) is 35.9 Å². The van der Waals surface area contributed by atoms with E-state index in [-0.39, 0.29) is 23.3 Å². The fraction of sp³-hybridized carbons (Fsp3) is 0.526. The summed E-state index contributed by atoms with van der Waals surface area (Å²) in [6.45, 7) is 6.27. The SMILES string of the molecule is CC(C)CCNC(=O)c1nc(C(=O)NCCCN(C)C)c2ccccn12. The van der Waals surface area contributed by atoms with E-state index in [0.717, 1.165) is 19.4 Å². The molecule has 0 aliphatic heterocycles. The van der Waals surface area contributed by atoms with Crippen LogP contribution in [-0.4, -0.2) is 59.8 Å². The summed E-state index contributed by atoms with van der Waals surface area (Å²) >= 11 is 0. The molecular formula is C19H29N5O2. The molecule has 7 heteroatoms. The Morgan fingerprint density at radius 3 is 2.58 bits per heavy atom. The lowest BCUT2D eigenvalue weighted by Gasteiger charge is -2.09. The standard InChI is InChI=1S/C19H29N5O2/c1-14(2)9-11-21-19(26)17-22-16(15-8-5-6-13-24(15)17)18(25)20-10-7-12-23(3)4/h5-6,8,13-14H,7,9-12H2,1-4H3,(H,20,25)(H,21,26). The van der Waals surface area contributed by atoms with Crippen LogP contribution in [0.4, 0.5) is 0 Å². The lowest BCUT2D eigenvalue weighted by Crippen LogP contribution is -2.28. The molecule has 142 valence electrons. The molecule has 0 spiro atoms. The number of carbonyl (C=O) groups excluding carboxylic acids is 2. The third-order valence-corrected chi connectivity index (χ3v) is 4.04. The van der Waals surface area contributed by atoms with E-state index in [1.54, 1.807) is 16.7 Å². The maximum atomic E-state index is 12.5. The van der Waals surface area contributed by atoms with E-state index in [1.807, 2.05) is 26.2 Å². The summed E-state index contributed by atoms with van der Waals surface area (Å²) in [6.07, 6.45) is 3.50. The number of nitrogens with one attached hydrogen (secondary N) is 2. The Hall–Kier alpha value is -2.41. The van der Waals surface area contributed by atoms with E-state index in [0.29, 0.717) is 24.5 Å². The molecule has 0 saturated heterocycles. The largest absolute Gasteiger partial charge is 0.351 e. The highest BCUT2D eigenvalue weighted by Crippen LogP contribution is 2.13. The molecule has 0 aromatic carbocycles. The summed E-state index contributed by atoms with van der Waals surface area (Å²) in [7, 11) is 3.99. The van der Waals surface area contributed by atoms with Gasteiger partial charge in [0, 0.05) is 19.3 Å². The molecule has 0 atom stereocenters. The summed E-state index contributed by atoms with van der Waals surface area (Å²) in [6, 6.07) is 5.45. The van der Waals surface area contributed by atoms with Crippen molar-refractivity contribution < 1.29 is 9.59 Å². The molecule has 0 aliphatic rings. The Bertz CT molecular complexity index is 751. The smallest absolute Gasteiger partial charge is 0.287 e. The van der Waals surface area contributed by atoms with Crippen LogP contribution in [0.3, 0.4) is 0 Å². The number of aromatic nitrogens is 2. The first kappa shape index (κ1) is 19.9. The Labute approximate surface area is 154 Å². The van der Waals surface area contributed by atoms with E-state index in [1.165, 1.54) is 0 Å². The Morgan fingerprint density at radius 2 is 1.88 bits per heavy atom. The van der Waals surface area contributed by atoms with E-state index < -0.39 is 0 Å². The second-order valence-corrected chi connectivity index (χ2v) is 7.09. The zero-order valence-corrected chi connectivity index (χ0v) is 16.1. The summed E-state index contributed by atoms with van der Waals surface area (Å²) < 4.78 is 1.67. The fourth-order valence-electron chi connectivity index (χ4n) is 2.60. The molecule has 0 saturated carbocycles. The van der Waals surface area contributed by atoms with Gasteiger partial charge in [0.15, 0.2) is 5.69 Å². The van der Waals surface area contributed by atoms with Gasteiger partial charge in [-0.1, -0.05) is 19.9 Å². The number of imidazole rings is 1. The van der Waals surface area contributed by atoms with Crippen LogP contribution in [0.5, 0.6) is 0 Å². The topological polar surface area (TPSA) is 78.7 Å². The minimum Gasteiger partial charge on any atom is -0.351 e. The second-order valence-electron chi connectivity index (χ2n) is 7.09. The van der Waals surface area contributed by atoms with Crippen molar-refractivity contribution in [3.63, 3.8) is 0 Å². The molecule has 0 bridgehead atoms. The summed E-state index contributed by atoms with van der Waals surface area (Å²) in [4.78, 5) is 31.4. The first-order chi connectivity index (χ1) is 12.4.